The summed E-state index contributed by atoms with van der Waals surface area (Å²) in [5, 5.41) is 6.72. The SMILES string of the molecule is CCN(CC)C(=O)N[C@H]1C=C2c3c(N)ccc4c3C(CN4)C[C@H]2N(C)C1. The maximum atomic E-state index is 12.5. The summed E-state index contributed by atoms with van der Waals surface area (Å²) in [5.74, 6) is 0.523. The monoisotopic (exact) mass is 355 g/mol. The average Bonchev–Trinajstić information content (AvgIpc) is 3.02. The molecular weight excluding hydrogens is 326 g/mol. The molecule has 0 aromatic heterocycles. The maximum absolute atomic E-state index is 12.5. The number of rotatable bonds is 3. The quantitative estimate of drug-likeness (QED) is 0.728. The summed E-state index contributed by atoms with van der Waals surface area (Å²) < 4.78 is 0. The molecule has 1 aliphatic carbocycles. The van der Waals surface area contributed by atoms with Crippen molar-refractivity contribution in [2.45, 2.75) is 38.3 Å². The first-order chi connectivity index (χ1) is 12.5. The Hall–Kier alpha value is -2.21. The Morgan fingerprint density at radius 3 is 2.88 bits per heavy atom. The molecule has 2 amide bonds. The molecule has 0 radical (unpaired) electrons. The van der Waals surface area contributed by atoms with E-state index in [0.29, 0.717) is 12.0 Å². The number of anilines is 2. The predicted octanol–water partition coefficient (Wildman–Crippen LogP) is 2.30. The molecule has 1 unspecified atom stereocenters. The zero-order valence-electron chi connectivity index (χ0n) is 15.9. The third-order valence-corrected chi connectivity index (χ3v) is 6.14. The number of nitrogens with one attached hydrogen (secondary N) is 2. The fourth-order valence-corrected chi connectivity index (χ4v) is 4.80. The highest BCUT2D eigenvalue weighted by Gasteiger charge is 2.41. The van der Waals surface area contributed by atoms with Crippen LogP contribution in [0.15, 0.2) is 18.2 Å². The lowest BCUT2D eigenvalue weighted by atomic mass is 9.74. The van der Waals surface area contributed by atoms with Crippen LogP contribution in [0.1, 0.15) is 37.3 Å². The summed E-state index contributed by atoms with van der Waals surface area (Å²) in [6, 6.07) is 4.48. The van der Waals surface area contributed by atoms with Gasteiger partial charge in [-0.1, -0.05) is 6.08 Å². The van der Waals surface area contributed by atoms with Crippen molar-refractivity contribution in [3.05, 3.63) is 29.3 Å². The second-order valence-corrected chi connectivity index (χ2v) is 7.61. The van der Waals surface area contributed by atoms with Crippen molar-refractivity contribution in [1.82, 2.24) is 15.1 Å². The Kier molecular flexibility index (Phi) is 4.31. The highest BCUT2D eigenvalue weighted by atomic mass is 16.2. The summed E-state index contributed by atoms with van der Waals surface area (Å²) in [4.78, 5) is 16.7. The summed E-state index contributed by atoms with van der Waals surface area (Å²) >= 11 is 0. The third-order valence-electron chi connectivity index (χ3n) is 6.14. The van der Waals surface area contributed by atoms with E-state index in [9.17, 15) is 4.79 Å². The van der Waals surface area contributed by atoms with Crippen LogP contribution in [0.25, 0.3) is 5.57 Å². The molecule has 0 bridgehead atoms. The molecule has 0 spiro atoms. The van der Waals surface area contributed by atoms with E-state index in [1.54, 1.807) is 0 Å². The second-order valence-electron chi connectivity index (χ2n) is 7.61. The fourth-order valence-electron chi connectivity index (χ4n) is 4.80. The van der Waals surface area contributed by atoms with Gasteiger partial charge in [0.25, 0.3) is 0 Å². The van der Waals surface area contributed by atoms with Crippen LogP contribution in [-0.4, -0.2) is 61.1 Å². The van der Waals surface area contributed by atoms with Crippen LogP contribution in [0.4, 0.5) is 16.2 Å². The Morgan fingerprint density at radius 1 is 1.38 bits per heavy atom. The van der Waals surface area contributed by atoms with E-state index in [2.05, 4.69) is 34.7 Å². The van der Waals surface area contributed by atoms with Crippen LogP contribution < -0.4 is 16.4 Å². The lowest BCUT2D eigenvalue weighted by molar-refractivity contribution is 0.191. The van der Waals surface area contributed by atoms with Crippen molar-refractivity contribution in [2.24, 2.45) is 0 Å². The summed E-state index contributed by atoms with van der Waals surface area (Å²) in [6.07, 6.45) is 3.35. The van der Waals surface area contributed by atoms with E-state index in [4.69, 9.17) is 5.73 Å². The number of fused-ring (bicyclic) bond motifs is 2. The average molecular weight is 355 g/mol. The van der Waals surface area contributed by atoms with Crippen molar-refractivity contribution in [1.29, 1.82) is 0 Å². The van der Waals surface area contributed by atoms with Crippen molar-refractivity contribution in [2.75, 3.05) is 44.3 Å². The number of urea groups is 1. The second kappa shape index (κ2) is 6.50. The molecule has 26 heavy (non-hydrogen) atoms. The minimum absolute atomic E-state index is 0.000480. The minimum Gasteiger partial charge on any atom is -0.398 e. The molecule has 0 saturated carbocycles. The lowest BCUT2D eigenvalue weighted by Crippen LogP contribution is -2.52. The number of likely N-dealkylation sites (N-methyl/N-ethyl adjacent to an activating group) is 1. The molecule has 0 fully saturated rings. The van der Waals surface area contributed by atoms with Crippen LogP contribution in [-0.2, 0) is 0 Å². The van der Waals surface area contributed by atoms with Gasteiger partial charge in [0, 0.05) is 55.1 Å². The number of carbonyl (C=O) groups is 1. The normalized spacial score (nSPS) is 26.4. The topological polar surface area (TPSA) is 73.6 Å². The molecular formula is C20H29N5O. The van der Waals surface area contributed by atoms with E-state index >= 15 is 0 Å². The number of hydrogen-bond donors (Lipinski definition) is 3. The van der Waals surface area contributed by atoms with Crippen molar-refractivity contribution in [3.63, 3.8) is 0 Å². The van der Waals surface area contributed by atoms with E-state index in [-0.39, 0.29) is 12.1 Å². The summed E-state index contributed by atoms with van der Waals surface area (Å²) in [7, 11) is 2.15. The Bertz CT molecular complexity index is 755. The number of nitrogens with two attached hydrogens (primary N) is 1. The predicted molar refractivity (Wildman–Crippen MR) is 106 cm³/mol. The van der Waals surface area contributed by atoms with Gasteiger partial charge in [-0.25, -0.2) is 4.79 Å². The zero-order chi connectivity index (χ0) is 18.4. The fraction of sp³-hybridized carbons (Fsp3) is 0.550. The van der Waals surface area contributed by atoms with Crippen LogP contribution in [0.2, 0.25) is 0 Å². The first-order valence-electron chi connectivity index (χ1n) is 9.67. The lowest BCUT2D eigenvalue weighted by Gasteiger charge is -2.43. The summed E-state index contributed by atoms with van der Waals surface area (Å²) in [5.41, 5.74) is 12.3. The van der Waals surface area contributed by atoms with Crippen LogP contribution in [0, 0.1) is 0 Å². The molecule has 1 aromatic carbocycles. The molecule has 1 aromatic rings. The molecule has 3 atom stereocenters. The smallest absolute Gasteiger partial charge is 0.317 e. The van der Waals surface area contributed by atoms with Gasteiger partial charge in [0.15, 0.2) is 0 Å². The molecule has 4 rings (SSSR count). The third kappa shape index (κ3) is 2.63. The number of nitrogens with zero attached hydrogens (tertiary/aromatic N) is 2. The van der Waals surface area contributed by atoms with Gasteiger partial charge in [-0.15, -0.1) is 0 Å². The molecule has 2 heterocycles. The number of benzene rings is 1. The van der Waals surface area contributed by atoms with Crippen molar-refractivity contribution >= 4 is 23.0 Å². The largest absolute Gasteiger partial charge is 0.398 e. The first-order valence-corrected chi connectivity index (χ1v) is 9.67. The van der Waals surface area contributed by atoms with E-state index in [1.165, 1.54) is 22.4 Å². The van der Waals surface area contributed by atoms with Gasteiger partial charge in [-0.05, 0) is 50.6 Å². The molecule has 6 nitrogen and oxygen atoms in total. The Labute approximate surface area is 155 Å². The van der Waals surface area contributed by atoms with Gasteiger partial charge in [0.1, 0.15) is 0 Å². The summed E-state index contributed by atoms with van der Waals surface area (Å²) in [6.45, 7) is 7.27. The molecule has 2 aliphatic heterocycles. The highest BCUT2D eigenvalue weighted by molar-refractivity contribution is 5.88. The Morgan fingerprint density at radius 2 is 2.15 bits per heavy atom. The van der Waals surface area contributed by atoms with Gasteiger partial charge in [0.05, 0.1) is 6.04 Å². The zero-order valence-corrected chi connectivity index (χ0v) is 15.9. The maximum Gasteiger partial charge on any atom is 0.317 e. The molecule has 3 aliphatic rings. The number of hydrogen-bond acceptors (Lipinski definition) is 4. The van der Waals surface area contributed by atoms with Gasteiger partial charge in [0.2, 0.25) is 0 Å². The van der Waals surface area contributed by atoms with Crippen molar-refractivity contribution < 1.29 is 4.79 Å². The van der Waals surface area contributed by atoms with E-state index in [1.807, 2.05) is 24.8 Å². The number of amides is 2. The molecule has 0 saturated heterocycles. The van der Waals surface area contributed by atoms with Crippen LogP contribution >= 0.6 is 0 Å². The Balaban J connectivity index is 1.69. The highest BCUT2D eigenvalue weighted by Crippen LogP contribution is 2.50. The van der Waals surface area contributed by atoms with Gasteiger partial charge < -0.3 is 21.3 Å². The van der Waals surface area contributed by atoms with Crippen LogP contribution in [0.5, 0.6) is 0 Å². The van der Waals surface area contributed by atoms with Crippen molar-refractivity contribution in [3.8, 4) is 0 Å². The molecule has 4 N–H and O–H groups in total. The van der Waals surface area contributed by atoms with Gasteiger partial charge in [-0.3, -0.25) is 4.90 Å². The van der Waals surface area contributed by atoms with E-state index < -0.39 is 0 Å². The van der Waals surface area contributed by atoms with E-state index in [0.717, 1.165) is 38.3 Å². The van der Waals surface area contributed by atoms with Gasteiger partial charge >= 0.3 is 6.03 Å². The minimum atomic E-state index is 0.000480. The molecule has 6 heteroatoms. The van der Waals surface area contributed by atoms with Gasteiger partial charge in [-0.2, -0.15) is 0 Å². The van der Waals surface area contributed by atoms with Crippen LogP contribution in [0.3, 0.4) is 0 Å². The molecule has 140 valence electrons. The number of carbonyl (C=O) groups excluding carboxylic acids is 1. The number of nitrogen functional groups attached to an aromatic ring is 1. The standard InChI is InChI=1S/C20H29N5O/c1-4-25(5-2)20(26)23-13-9-14-17(24(3)11-13)8-12-10-22-16-7-6-15(21)19(14)18(12)16/h6-7,9,12-13,17,22H,4-5,8,10-11,21H2,1-3H3,(H,23,26)/t12?,13-,17+/m0/s1. The first kappa shape index (κ1) is 17.2.